The van der Waals surface area contributed by atoms with Gasteiger partial charge in [0.2, 0.25) is 5.91 Å². The minimum Gasteiger partial charge on any atom is -0.376 e. The molecule has 0 aromatic heterocycles. The summed E-state index contributed by atoms with van der Waals surface area (Å²) in [6.07, 6.45) is 0. The summed E-state index contributed by atoms with van der Waals surface area (Å²) in [5.74, 6) is -1.35. The van der Waals surface area contributed by atoms with Gasteiger partial charge in [-0.15, -0.1) is 0 Å². The second-order valence-corrected chi connectivity index (χ2v) is 10.0. The van der Waals surface area contributed by atoms with E-state index in [9.17, 15) is 14.4 Å². The van der Waals surface area contributed by atoms with Gasteiger partial charge in [-0.3, -0.25) is 9.59 Å². The van der Waals surface area contributed by atoms with Crippen molar-refractivity contribution in [3.63, 3.8) is 0 Å². The Hall–Kier alpha value is -5.22. The van der Waals surface area contributed by atoms with Crippen molar-refractivity contribution in [2.75, 3.05) is 17.3 Å². The molecule has 4 rings (SSSR count). The first-order chi connectivity index (χ1) is 20.2. The molecule has 0 saturated heterocycles. The van der Waals surface area contributed by atoms with Gasteiger partial charge in [-0.2, -0.15) is 0 Å². The average molecular weight is 581 g/mol. The first kappa shape index (κ1) is 29.8. The molecule has 0 aliphatic carbocycles. The molecule has 4 amide bonds. The number of rotatable bonds is 10. The highest BCUT2D eigenvalue weighted by Gasteiger charge is 2.31. The molecule has 0 bridgehead atoms. The molecule has 0 aliphatic rings. The summed E-state index contributed by atoms with van der Waals surface area (Å²) in [7, 11) is 1.64. The Labute approximate surface area is 249 Å². The second-order valence-electron chi connectivity index (χ2n) is 9.59. The Bertz CT molecular complexity index is 1510. The molecule has 0 saturated carbocycles. The van der Waals surface area contributed by atoms with Crippen LogP contribution < -0.4 is 32.3 Å². The maximum Gasteiger partial charge on any atom is 0.312 e. The minimum absolute atomic E-state index is 0.0790. The molecule has 0 aliphatic heterocycles. The number of amides is 4. The molecule has 0 fully saturated rings. The van der Waals surface area contributed by atoms with E-state index >= 15 is 0 Å². The van der Waals surface area contributed by atoms with Crippen LogP contribution in [0.25, 0.3) is 0 Å². The number of urea groups is 1. The van der Waals surface area contributed by atoms with Crippen LogP contribution in [0.15, 0.2) is 109 Å². The Morgan fingerprint density at radius 1 is 0.786 bits per heavy atom. The van der Waals surface area contributed by atoms with Crippen molar-refractivity contribution < 1.29 is 14.4 Å². The SMILES string of the molecule is CN(C(=O)C(NC(=O)C(c1ccccc1)c1ccccc1)c1cccc(NC(N)=S)c1)c1ccc(CNC(N)=O)cc1. The number of carbonyl (C=O) groups is 3. The normalized spacial score (nSPS) is 11.3. The highest BCUT2D eigenvalue weighted by Crippen LogP contribution is 2.28. The van der Waals surface area contributed by atoms with Crippen molar-refractivity contribution in [3.8, 4) is 0 Å². The van der Waals surface area contributed by atoms with Gasteiger partial charge in [-0.1, -0.05) is 84.9 Å². The number of thiocarbonyl (C=S) groups is 1. The van der Waals surface area contributed by atoms with Gasteiger partial charge in [-0.05, 0) is 58.7 Å². The zero-order valence-electron chi connectivity index (χ0n) is 23.0. The number of primary amides is 1. The fraction of sp³-hybridized carbons (Fsp3) is 0.125. The van der Waals surface area contributed by atoms with Crippen molar-refractivity contribution >= 4 is 46.6 Å². The number of anilines is 2. The van der Waals surface area contributed by atoms with Crippen LogP contribution in [0.5, 0.6) is 0 Å². The molecular weight excluding hydrogens is 548 g/mol. The van der Waals surface area contributed by atoms with Gasteiger partial charge >= 0.3 is 6.03 Å². The summed E-state index contributed by atoms with van der Waals surface area (Å²) in [4.78, 5) is 40.6. The van der Waals surface area contributed by atoms with Gasteiger partial charge in [0.15, 0.2) is 5.11 Å². The molecule has 0 spiro atoms. The highest BCUT2D eigenvalue weighted by molar-refractivity contribution is 7.80. The van der Waals surface area contributed by atoms with E-state index in [4.69, 9.17) is 23.7 Å². The fourth-order valence-corrected chi connectivity index (χ4v) is 4.70. The zero-order valence-corrected chi connectivity index (χ0v) is 23.8. The predicted octanol–water partition coefficient (Wildman–Crippen LogP) is 4.16. The second kappa shape index (κ2) is 13.9. The van der Waals surface area contributed by atoms with Gasteiger partial charge in [0.25, 0.3) is 5.91 Å². The third-order valence-electron chi connectivity index (χ3n) is 6.67. The Morgan fingerprint density at radius 2 is 1.36 bits per heavy atom. The molecule has 1 unspecified atom stereocenters. The molecule has 0 radical (unpaired) electrons. The highest BCUT2D eigenvalue weighted by atomic mass is 32.1. The standard InChI is InChI=1S/C32H32N6O3S/c1-38(26-17-15-21(16-18-26)20-35-31(33)41)30(40)28(24-13-8-14-25(19-24)36-32(34)42)37-29(39)27(22-9-4-2-5-10-22)23-11-6-3-7-12-23/h2-19,27-28H,20H2,1H3,(H,37,39)(H3,33,35,41)(H3,34,36,42). The number of nitrogens with zero attached hydrogens (tertiary/aromatic N) is 1. The molecule has 1 atom stereocenters. The van der Waals surface area contributed by atoms with E-state index in [1.165, 1.54) is 4.90 Å². The first-order valence-corrected chi connectivity index (χ1v) is 13.6. The lowest BCUT2D eigenvalue weighted by atomic mass is 9.90. The number of benzene rings is 4. The quantitative estimate of drug-likeness (QED) is 0.178. The van der Waals surface area contributed by atoms with Crippen molar-refractivity contribution in [2.45, 2.75) is 18.5 Å². The third kappa shape index (κ3) is 7.70. The summed E-state index contributed by atoms with van der Waals surface area (Å²) >= 11 is 4.99. The van der Waals surface area contributed by atoms with Gasteiger partial charge in [0, 0.05) is 25.0 Å². The van der Waals surface area contributed by atoms with Crippen molar-refractivity contribution in [3.05, 3.63) is 131 Å². The largest absolute Gasteiger partial charge is 0.376 e. The molecule has 9 nitrogen and oxygen atoms in total. The summed E-state index contributed by atoms with van der Waals surface area (Å²) in [6.45, 7) is 0.259. The number of carbonyl (C=O) groups excluding carboxylic acids is 3. The maximum atomic E-state index is 14.1. The average Bonchev–Trinajstić information content (AvgIpc) is 2.99. The van der Waals surface area contributed by atoms with Gasteiger partial charge < -0.3 is 32.3 Å². The minimum atomic E-state index is -1.04. The van der Waals surface area contributed by atoms with Crippen LogP contribution in [0, 0.1) is 0 Å². The molecule has 4 aromatic rings. The van der Waals surface area contributed by atoms with E-state index in [2.05, 4.69) is 16.0 Å². The van der Waals surface area contributed by atoms with E-state index in [0.29, 0.717) is 16.9 Å². The van der Waals surface area contributed by atoms with E-state index in [-0.39, 0.29) is 23.5 Å². The van der Waals surface area contributed by atoms with Crippen molar-refractivity contribution in [1.82, 2.24) is 10.6 Å². The molecule has 42 heavy (non-hydrogen) atoms. The molecule has 7 N–H and O–H groups in total. The number of hydrogen-bond donors (Lipinski definition) is 5. The van der Waals surface area contributed by atoms with Crippen LogP contribution in [0.4, 0.5) is 16.2 Å². The van der Waals surface area contributed by atoms with Gasteiger partial charge in [-0.25, -0.2) is 4.79 Å². The summed E-state index contributed by atoms with van der Waals surface area (Å²) in [6, 6.07) is 31.3. The third-order valence-corrected chi connectivity index (χ3v) is 6.77. The molecule has 0 heterocycles. The summed E-state index contributed by atoms with van der Waals surface area (Å²) < 4.78 is 0. The Balaban J connectivity index is 1.68. The Kier molecular flexibility index (Phi) is 9.85. The van der Waals surface area contributed by atoms with E-state index in [1.54, 1.807) is 55.6 Å². The molecule has 10 heteroatoms. The lowest BCUT2D eigenvalue weighted by Crippen LogP contribution is -2.43. The van der Waals surface area contributed by atoms with Crippen molar-refractivity contribution in [2.24, 2.45) is 11.5 Å². The van der Waals surface area contributed by atoms with Crippen LogP contribution in [-0.4, -0.2) is 30.0 Å². The smallest absolute Gasteiger partial charge is 0.312 e. The predicted molar refractivity (Wildman–Crippen MR) is 169 cm³/mol. The topological polar surface area (TPSA) is 143 Å². The van der Waals surface area contributed by atoms with Crippen LogP contribution in [0.1, 0.15) is 34.2 Å². The van der Waals surface area contributed by atoms with Crippen LogP contribution in [-0.2, 0) is 16.1 Å². The molecular formula is C32H32N6O3S. The molecule has 214 valence electrons. The van der Waals surface area contributed by atoms with E-state index < -0.39 is 18.0 Å². The maximum absolute atomic E-state index is 14.1. The number of likely N-dealkylation sites (N-methyl/N-ethyl adjacent to an activating group) is 1. The first-order valence-electron chi connectivity index (χ1n) is 13.2. The number of hydrogen-bond acceptors (Lipinski definition) is 4. The summed E-state index contributed by atoms with van der Waals surface area (Å²) in [5, 5.41) is 8.53. The van der Waals surface area contributed by atoms with Crippen molar-refractivity contribution in [1.29, 1.82) is 0 Å². The van der Waals surface area contributed by atoms with Crippen LogP contribution in [0.2, 0.25) is 0 Å². The summed E-state index contributed by atoms with van der Waals surface area (Å²) in [5.41, 5.74) is 15.0. The number of nitrogens with two attached hydrogens (primary N) is 2. The number of nitrogens with one attached hydrogen (secondary N) is 3. The lowest BCUT2D eigenvalue weighted by molar-refractivity contribution is -0.128. The molecule has 4 aromatic carbocycles. The zero-order chi connectivity index (χ0) is 30.1. The van der Waals surface area contributed by atoms with E-state index in [1.807, 2.05) is 60.7 Å². The fourth-order valence-electron chi connectivity index (χ4n) is 4.59. The van der Waals surface area contributed by atoms with Gasteiger partial charge in [0.1, 0.15) is 6.04 Å². The van der Waals surface area contributed by atoms with Crippen LogP contribution >= 0.6 is 12.2 Å². The lowest BCUT2D eigenvalue weighted by Gasteiger charge is -2.27. The van der Waals surface area contributed by atoms with Gasteiger partial charge in [0.05, 0.1) is 5.92 Å². The van der Waals surface area contributed by atoms with E-state index in [0.717, 1.165) is 16.7 Å². The monoisotopic (exact) mass is 580 g/mol. The Morgan fingerprint density at radius 3 is 1.90 bits per heavy atom. The van der Waals surface area contributed by atoms with Crippen LogP contribution in [0.3, 0.4) is 0 Å².